The molecule has 2 N–H and O–H groups in total. The highest BCUT2D eigenvalue weighted by atomic mass is 32.2. The molecule has 0 fully saturated rings. The number of anilines is 1. The lowest BCUT2D eigenvalue weighted by Gasteiger charge is -2.13. The molecule has 0 aliphatic rings. The summed E-state index contributed by atoms with van der Waals surface area (Å²) in [5.41, 5.74) is 7.55. The molecule has 0 saturated carbocycles. The minimum Gasteiger partial charge on any atom is -0.376 e. The van der Waals surface area contributed by atoms with Gasteiger partial charge in [0.05, 0.1) is 40.4 Å². The molecule has 6 rings (SSSR count). The molecule has 0 bridgehead atoms. The normalized spacial score (nSPS) is 11.9. The second-order valence-electron chi connectivity index (χ2n) is 10.1. The molecule has 0 amide bonds. The Bertz CT molecular complexity index is 2000. The van der Waals surface area contributed by atoms with Crippen LogP contribution in [0.15, 0.2) is 67.3 Å². The van der Waals surface area contributed by atoms with Crippen molar-refractivity contribution in [2.75, 3.05) is 31.0 Å². The van der Waals surface area contributed by atoms with Gasteiger partial charge in [0.25, 0.3) is 0 Å². The van der Waals surface area contributed by atoms with Crippen LogP contribution in [-0.4, -0.2) is 64.7 Å². The molecule has 0 radical (unpaired) electrons. The summed E-state index contributed by atoms with van der Waals surface area (Å²) in [6, 6.07) is 12.7. The minimum atomic E-state index is -3.18. The third-order valence-electron chi connectivity index (χ3n) is 6.78. The van der Waals surface area contributed by atoms with Crippen LogP contribution in [0.25, 0.3) is 55.7 Å². The summed E-state index contributed by atoms with van der Waals surface area (Å²) in [7, 11) is 0.769. The fourth-order valence-electron chi connectivity index (χ4n) is 4.71. The molecule has 9 nitrogen and oxygen atoms in total. The van der Waals surface area contributed by atoms with E-state index in [-0.39, 0.29) is 12.2 Å². The van der Waals surface area contributed by atoms with Gasteiger partial charge in [0.1, 0.15) is 21.3 Å². The number of nitrogens with zero attached hydrogens (tertiary/aromatic N) is 5. The van der Waals surface area contributed by atoms with Gasteiger partial charge in [0.2, 0.25) is 0 Å². The van der Waals surface area contributed by atoms with Gasteiger partial charge in [-0.25, -0.2) is 17.8 Å². The average Bonchev–Trinajstić information content (AvgIpc) is 3.55. The monoisotopic (exact) mass is 555 g/mol. The van der Waals surface area contributed by atoms with E-state index in [4.69, 9.17) is 4.98 Å². The maximum atomic E-state index is 14.6. The van der Waals surface area contributed by atoms with Crippen molar-refractivity contribution in [3.63, 3.8) is 0 Å². The lowest BCUT2D eigenvalue weighted by molar-refractivity contribution is 0.600. The summed E-state index contributed by atoms with van der Waals surface area (Å²) >= 11 is 0. The number of nitrogens with one attached hydrogen (secondary N) is 2. The minimum absolute atomic E-state index is 0.0609. The van der Waals surface area contributed by atoms with Crippen molar-refractivity contribution in [3.05, 3.63) is 78.6 Å². The van der Waals surface area contributed by atoms with Gasteiger partial charge in [0.15, 0.2) is 5.82 Å². The molecule has 40 heavy (non-hydrogen) atoms. The maximum Gasteiger partial charge on any atom is 0.159 e. The Morgan fingerprint density at radius 1 is 0.900 bits per heavy atom. The Hall–Kier alpha value is -4.64. The second-order valence-corrected chi connectivity index (χ2v) is 12.3. The Labute approximate surface area is 230 Å². The topological polar surface area (TPSA) is 121 Å². The van der Waals surface area contributed by atoms with Gasteiger partial charge in [-0.1, -0.05) is 12.1 Å². The second kappa shape index (κ2) is 9.83. The van der Waals surface area contributed by atoms with Crippen molar-refractivity contribution in [2.24, 2.45) is 0 Å². The van der Waals surface area contributed by atoms with Crippen LogP contribution in [0.5, 0.6) is 0 Å². The molecular formula is C29H26FN7O2S. The largest absolute Gasteiger partial charge is 0.376 e. The predicted octanol–water partition coefficient (Wildman–Crippen LogP) is 5.02. The first kappa shape index (κ1) is 25.6. The molecule has 0 spiro atoms. The van der Waals surface area contributed by atoms with E-state index in [1.807, 2.05) is 43.5 Å². The van der Waals surface area contributed by atoms with Gasteiger partial charge in [0, 0.05) is 49.3 Å². The van der Waals surface area contributed by atoms with Gasteiger partial charge < -0.3 is 9.88 Å². The number of aromatic nitrogens is 6. The maximum absolute atomic E-state index is 14.6. The zero-order valence-corrected chi connectivity index (χ0v) is 22.9. The standard InChI is InChI=1S/C29H26FN7O2S/c1-37(2)22-11-20(13-31-14-22)18-4-5-25-23(12-18)28(36-35-25)29-33-26-16-32-15-24(27(26)34-29)19-8-17(9-21(30)10-19)6-7-40(3,38)39/h4-5,8-16H,6-7H2,1-3H3,(H,33,34)(H,35,36). The molecule has 6 aromatic rings. The number of fused-ring (bicyclic) bond motifs is 2. The van der Waals surface area contributed by atoms with Crippen LogP contribution in [0.1, 0.15) is 5.56 Å². The van der Waals surface area contributed by atoms with Crippen LogP contribution in [-0.2, 0) is 16.3 Å². The van der Waals surface area contributed by atoms with E-state index < -0.39 is 15.7 Å². The van der Waals surface area contributed by atoms with Crippen molar-refractivity contribution >= 4 is 37.5 Å². The van der Waals surface area contributed by atoms with E-state index >= 15 is 0 Å². The number of benzene rings is 2. The summed E-state index contributed by atoms with van der Waals surface area (Å²) in [5, 5.41) is 8.50. The zero-order valence-electron chi connectivity index (χ0n) is 22.1. The molecule has 4 heterocycles. The molecule has 11 heteroatoms. The van der Waals surface area contributed by atoms with Crippen LogP contribution in [0.3, 0.4) is 0 Å². The first-order chi connectivity index (χ1) is 19.1. The van der Waals surface area contributed by atoms with Crippen LogP contribution in [0.2, 0.25) is 0 Å². The summed E-state index contributed by atoms with van der Waals surface area (Å²) < 4.78 is 37.8. The third kappa shape index (κ3) is 5.03. The molecule has 4 aromatic heterocycles. The first-order valence-corrected chi connectivity index (χ1v) is 14.6. The fraction of sp³-hybridized carbons (Fsp3) is 0.172. The number of halogens is 1. The van der Waals surface area contributed by atoms with Gasteiger partial charge in [-0.3, -0.25) is 15.1 Å². The number of sulfone groups is 1. The van der Waals surface area contributed by atoms with Crippen molar-refractivity contribution < 1.29 is 12.8 Å². The molecular weight excluding hydrogens is 529 g/mol. The molecule has 0 atom stereocenters. The number of imidazole rings is 1. The summed E-state index contributed by atoms with van der Waals surface area (Å²) in [4.78, 5) is 18.9. The molecule has 0 unspecified atom stereocenters. The van der Waals surface area contributed by atoms with Gasteiger partial charge in [-0.05, 0) is 53.4 Å². The quantitative estimate of drug-likeness (QED) is 0.284. The molecule has 2 aromatic carbocycles. The van der Waals surface area contributed by atoms with E-state index in [2.05, 4.69) is 37.3 Å². The number of pyridine rings is 2. The molecule has 0 aliphatic carbocycles. The summed E-state index contributed by atoms with van der Waals surface area (Å²) in [6.45, 7) is 0. The molecule has 202 valence electrons. The Balaban J connectivity index is 1.42. The predicted molar refractivity (Wildman–Crippen MR) is 155 cm³/mol. The average molecular weight is 556 g/mol. The number of aryl methyl sites for hydroxylation is 1. The Kier molecular flexibility index (Phi) is 6.30. The van der Waals surface area contributed by atoms with E-state index in [0.29, 0.717) is 39.2 Å². The molecule has 0 saturated heterocycles. The summed E-state index contributed by atoms with van der Waals surface area (Å²) in [5.74, 6) is 0.0307. The van der Waals surface area contributed by atoms with Crippen LogP contribution in [0.4, 0.5) is 10.1 Å². The van der Waals surface area contributed by atoms with Gasteiger partial charge in [-0.2, -0.15) is 5.10 Å². The van der Waals surface area contributed by atoms with Gasteiger partial charge >= 0.3 is 0 Å². The third-order valence-corrected chi connectivity index (χ3v) is 7.73. The van der Waals surface area contributed by atoms with Crippen LogP contribution >= 0.6 is 0 Å². The lowest BCUT2D eigenvalue weighted by atomic mass is 10.0. The first-order valence-electron chi connectivity index (χ1n) is 12.6. The van der Waals surface area contributed by atoms with E-state index in [9.17, 15) is 12.8 Å². The Morgan fingerprint density at radius 3 is 2.52 bits per heavy atom. The Morgan fingerprint density at radius 2 is 1.73 bits per heavy atom. The summed E-state index contributed by atoms with van der Waals surface area (Å²) in [6.07, 6.45) is 8.33. The molecule has 0 aliphatic heterocycles. The van der Waals surface area contributed by atoms with Crippen molar-refractivity contribution in [3.8, 4) is 33.8 Å². The highest BCUT2D eigenvalue weighted by molar-refractivity contribution is 7.90. The van der Waals surface area contributed by atoms with E-state index in [1.54, 1.807) is 18.5 Å². The van der Waals surface area contributed by atoms with Crippen molar-refractivity contribution in [2.45, 2.75) is 6.42 Å². The smallest absolute Gasteiger partial charge is 0.159 e. The number of hydrogen-bond acceptors (Lipinski definition) is 7. The van der Waals surface area contributed by atoms with Crippen LogP contribution < -0.4 is 4.90 Å². The zero-order chi connectivity index (χ0) is 28.0. The van der Waals surface area contributed by atoms with E-state index in [0.717, 1.165) is 27.7 Å². The highest BCUT2D eigenvalue weighted by Crippen LogP contribution is 2.33. The highest BCUT2D eigenvalue weighted by Gasteiger charge is 2.17. The number of aromatic amines is 2. The lowest BCUT2D eigenvalue weighted by Crippen LogP contribution is -2.08. The fourth-order valence-corrected chi connectivity index (χ4v) is 5.32. The number of hydrogen-bond donors (Lipinski definition) is 2. The van der Waals surface area contributed by atoms with Crippen LogP contribution in [0, 0.1) is 5.82 Å². The number of H-pyrrole nitrogens is 2. The van der Waals surface area contributed by atoms with E-state index in [1.165, 1.54) is 18.4 Å². The van der Waals surface area contributed by atoms with Gasteiger partial charge in [-0.15, -0.1) is 0 Å². The SMILES string of the molecule is CN(C)c1cncc(-c2ccc3[nH]nc(-c4nc5c(-c6cc(F)cc(CCS(C)(=O)=O)c6)cncc5[nH]4)c3c2)c1. The number of rotatable bonds is 7. The van der Waals surface area contributed by atoms with Crippen molar-refractivity contribution in [1.29, 1.82) is 0 Å². The van der Waals surface area contributed by atoms with Crippen molar-refractivity contribution in [1.82, 2.24) is 30.1 Å².